The maximum Gasteiger partial charge on any atom is 0.224 e. The first kappa shape index (κ1) is 11.6. The van der Waals surface area contributed by atoms with Crippen molar-refractivity contribution in [3.05, 3.63) is 23.4 Å². The van der Waals surface area contributed by atoms with Crippen LogP contribution in [0.25, 0.3) is 0 Å². The number of aryl methyl sites for hydroxylation is 1. The second kappa shape index (κ2) is 4.96. The van der Waals surface area contributed by atoms with Crippen molar-refractivity contribution >= 4 is 23.4 Å². The van der Waals surface area contributed by atoms with Crippen LogP contribution in [0.2, 0.25) is 5.02 Å². The lowest BCUT2D eigenvalue weighted by Crippen LogP contribution is -2.08. The van der Waals surface area contributed by atoms with Gasteiger partial charge in [-0.05, 0) is 0 Å². The molecule has 0 spiro atoms. The lowest BCUT2D eigenvalue weighted by atomic mass is 10.5. The molecule has 0 radical (unpaired) electrons. The number of rotatable bonds is 4. The Labute approximate surface area is 103 Å². The molecule has 17 heavy (non-hydrogen) atoms. The van der Waals surface area contributed by atoms with E-state index in [0.717, 1.165) is 5.82 Å². The highest BCUT2D eigenvalue weighted by molar-refractivity contribution is 6.32. The highest BCUT2D eigenvalue weighted by atomic mass is 35.5. The molecule has 8 heteroatoms. The molecule has 0 aliphatic rings. The molecule has 2 heterocycles. The van der Waals surface area contributed by atoms with Crippen LogP contribution in [0.4, 0.5) is 11.8 Å². The van der Waals surface area contributed by atoms with E-state index in [4.69, 9.17) is 11.6 Å². The number of hydrogen-bond acceptors (Lipinski definition) is 6. The van der Waals surface area contributed by atoms with Crippen molar-refractivity contribution in [2.75, 3.05) is 17.7 Å². The number of nitrogens with zero attached hydrogens (tertiary/aromatic N) is 5. The zero-order valence-corrected chi connectivity index (χ0v) is 10.2. The van der Waals surface area contributed by atoms with Gasteiger partial charge in [-0.15, -0.1) is 10.2 Å². The smallest absolute Gasteiger partial charge is 0.224 e. The van der Waals surface area contributed by atoms with Gasteiger partial charge >= 0.3 is 0 Å². The van der Waals surface area contributed by atoms with Crippen LogP contribution in [-0.4, -0.2) is 31.8 Å². The Kier molecular flexibility index (Phi) is 3.38. The van der Waals surface area contributed by atoms with Crippen LogP contribution in [0, 0.1) is 0 Å². The summed E-state index contributed by atoms with van der Waals surface area (Å²) in [6, 6.07) is 0. The zero-order chi connectivity index (χ0) is 12.3. The highest BCUT2D eigenvalue weighted by Crippen LogP contribution is 2.19. The minimum Gasteiger partial charge on any atom is -0.361 e. The topological polar surface area (TPSA) is 80.5 Å². The van der Waals surface area contributed by atoms with Crippen LogP contribution in [0.5, 0.6) is 0 Å². The van der Waals surface area contributed by atoms with Crippen LogP contribution in [0.15, 0.2) is 12.5 Å². The van der Waals surface area contributed by atoms with Gasteiger partial charge in [0.2, 0.25) is 5.95 Å². The largest absolute Gasteiger partial charge is 0.361 e. The molecule has 0 unspecified atom stereocenters. The summed E-state index contributed by atoms with van der Waals surface area (Å²) in [6.45, 7) is 0.496. The Bertz CT molecular complexity index is 510. The molecule has 0 aliphatic heterocycles. The first-order chi connectivity index (χ1) is 8.20. The molecule has 0 saturated heterocycles. The number of aromatic nitrogens is 5. The van der Waals surface area contributed by atoms with E-state index >= 15 is 0 Å². The molecule has 0 fully saturated rings. The molecule has 2 rings (SSSR count). The molecular formula is C9H12ClN7. The second-order valence-corrected chi connectivity index (χ2v) is 3.76. The van der Waals surface area contributed by atoms with E-state index in [2.05, 4.69) is 30.8 Å². The maximum atomic E-state index is 5.98. The Hall–Kier alpha value is -1.89. The summed E-state index contributed by atoms with van der Waals surface area (Å²) >= 11 is 5.98. The predicted octanol–water partition coefficient (Wildman–Crippen LogP) is 0.912. The molecule has 7 nitrogen and oxygen atoms in total. The molecule has 90 valence electrons. The van der Waals surface area contributed by atoms with E-state index in [1.54, 1.807) is 19.6 Å². The molecule has 2 aromatic heterocycles. The standard InChI is InChI=1S/C9H12ClN7/c1-11-9-13-3-6(10)8(15-9)12-4-7-16-14-5-17(7)2/h3,5H,4H2,1-2H3,(H2,11,12,13,15). The first-order valence-corrected chi connectivity index (χ1v) is 5.35. The Morgan fingerprint density at radius 2 is 2.29 bits per heavy atom. The fourth-order valence-corrected chi connectivity index (χ4v) is 1.40. The van der Waals surface area contributed by atoms with E-state index in [9.17, 15) is 0 Å². The quantitative estimate of drug-likeness (QED) is 0.843. The third kappa shape index (κ3) is 2.62. The Morgan fingerprint density at radius 3 is 2.94 bits per heavy atom. The van der Waals surface area contributed by atoms with Crippen LogP contribution in [0.3, 0.4) is 0 Å². The van der Waals surface area contributed by atoms with Gasteiger partial charge in [-0.1, -0.05) is 11.6 Å². The number of hydrogen-bond donors (Lipinski definition) is 2. The van der Waals surface area contributed by atoms with Gasteiger partial charge in [0.15, 0.2) is 11.6 Å². The summed E-state index contributed by atoms with van der Waals surface area (Å²) in [6.07, 6.45) is 3.18. The van der Waals surface area contributed by atoms with Crippen LogP contribution >= 0.6 is 11.6 Å². The van der Waals surface area contributed by atoms with Gasteiger partial charge in [0.1, 0.15) is 11.3 Å². The molecule has 2 aromatic rings. The Balaban J connectivity index is 2.11. The van der Waals surface area contributed by atoms with Crippen molar-refractivity contribution in [2.45, 2.75) is 6.54 Å². The first-order valence-electron chi connectivity index (χ1n) is 4.97. The third-order valence-corrected chi connectivity index (χ3v) is 2.46. The molecule has 0 aromatic carbocycles. The number of nitrogens with one attached hydrogen (secondary N) is 2. The third-order valence-electron chi connectivity index (χ3n) is 2.19. The molecule has 0 amide bonds. The van der Waals surface area contributed by atoms with E-state index in [0.29, 0.717) is 23.3 Å². The van der Waals surface area contributed by atoms with Crippen molar-refractivity contribution in [3.63, 3.8) is 0 Å². The van der Waals surface area contributed by atoms with Gasteiger partial charge < -0.3 is 15.2 Å². The monoisotopic (exact) mass is 253 g/mol. The van der Waals surface area contributed by atoms with Crippen molar-refractivity contribution < 1.29 is 0 Å². The number of anilines is 2. The second-order valence-electron chi connectivity index (χ2n) is 3.35. The molecule has 2 N–H and O–H groups in total. The normalized spacial score (nSPS) is 10.3. The van der Waals surface area contributed by atoms with E-state index in [1.807, 2.05) is 11.6 Å². The fourth-order valence-electron chi connectivity index (χ4n) is 1.24. The lowest BCUT2D eigenvalue weighted by molar-refractivity contribution is 0.810. The van der Waals surface area contributed by atoms with Gasteiger partial charge in [0.25, 0.3) is 0 Å². The van der Waals surface area contributed by atoms with E-state index < -0.39 is 0 Å². The molecule has 0 aliphatic carbocycles. The summed E-state index contributed by atoms with van der Waals surface area (Å²) in [7, 11) is 3.62. The van der Waals surface area contributed by atoms with Crippen LogP contribution < -0.4 is 10.6 Å². The summed E-state index contributed by atoms with van der Waals surface area (Å²) in [5.41, 5.74) is 0. The van der Waals surface area contributed by atoms with Gasteiger partial charge in [-0.25, -0.2) is 4.98 Å². The fraction of sp³-hybridized carbons (Fsp3) is 0.333. The minimum atomic E-state index is 0.464. The highest BCUT2D eigenvalue weighted by Gasteiger charge is 2.06. The average molecular weight is 254 g/mol. The van der Waals surface area contributed by atoms with Gasteiger partial charge in [-0.3, -0.25) is 0 Å². The minimum absolute atomic E-state index is 0.464. The molecule has 0 bridgehead atoms. The maximum absolute atomic E-state index is 5.98. The van der Waals surface area contributed by atoms with Crippen LogP contribution in [-0.2, 0) is 13.6 Å². The SMILES string of the molecule is CNc1ncc(Cl)c(NCc2nncn2C)n1. The zero-order valence-electron chi connectivity index (χ0n) is 9.48. The van der Waals surface area contributed by atoms with Crippen LogP contribution in [0.1, 0.15) is 5.82 Å². The van der Waals surface area contributed by atoms with Gasteiger partial charge in [0.05, 0.1) is 12.7 Å². The summed E-state index contributed by atoms with van der Waals surface area (Å²) < 4.78 is 1.82. The summed E-state index contributed by atoms with van der Waals surface area (Å²) in [5, 5.41) is 14.1. The van der Waals surface area contributed by atoms with Gasteiger partial charge in [0, 0.05) is 14.1 Å². The molecular weight excluding hydrogens is 242 g/mol. The van der Waals surface area contributed by atoms with Crippen molar-refractivity contribution in [3.8, 4) is 0 Å². The average Bonchev–Trinajstić information content (AvgIpc) is 2.74. The van der Waals surface area contributed by atoms with E-state index in [1.165, 1.54) is 0 Å². The van der Waals surface area contributed by atoms with Crippen molar-refractivity contribution in [1.82, 2.24) is 24.7 Å². The lowest BCUT2D eigenvalue weighted by Gasteiger charge is -2.07. The van der Waals surface area contributed by atoms with Gasteiger partial charge in [-0.2, -0.15) is 4.98 Å². The van der Waals surface area contributed by atoms with Crippen molar-refractivity contribution in [2.24, 2.45) is 7.05 Å². The molecule has 0 atom stereocenters. The molecule has 0 saturated carbocycles. The van der Waals surface area contributed by atoms with E-state index in [-0.39, 0.29) is 0 Å². The summed E-state index contributed by atoms with van der Waals surface area (Å²) in [5.74, 6) is 1.87. The predicted molar refractivity (Wildman–Crippen MR) is 64.9 cm³/mol. The van der Waals surface area contributed by atoms with Crippen molar-refractivity contribution in [1.29, 1.82) is 0 Å². The number of halogens is 1. The Morgan fingerprint density at radius 1 is 1.47 bits per heavy atom. The summed E-state index contributed by atoms with van der Waals surface area (Å²) in [4.78, 5) is 8.19.